The molecule has 2 nitrogen and oxygen atoms in total. The number of hydrogen-bond donors (Lipinski definition) is 1. The van der Waals surface area contributed by atoms with Crippen LogP contribution in [0.1, 0.15) is 43.2 Å². The summed E-state index contributed by atoms with van der Waals surface area (Å²) in [5.74, 6) is -0.327. The molecule has 0 aliphatic rings. The molecule has 0 aliphatic heterocycles. The molecule has 0 aromatic heterocycles. The molecule has 0 bridgehead atoms. The van der Waals surface area contributed by atoms with Crippen molar-refractivity contribution in [2.75, 3.05) is 0 Å². The van der Waals surface area contributed by atoms with Gasteiger partial charge in [0.25, 0.3) is 0 Å². The molecule has 2 heteroatoms. The van der Waals surface area contributed by atoms with Crippen LogP contribution in [0.4, 0.5) is 0 Å². The van der Waals surface area contributed by atoms with E-state index in [1.165, 1.54) is 0 Å². The fourth-order valence-corrected chi connectivity index (χ4v) is 2.88. The van der Waals surface area contributed by atoms with Crippen LogP contribution in [0.3, 0.4) is 0 Å². The number of unbranched alkanes of at least 4 members (excludes halogenated alkanes) is 1. The SMILES string of the molecule is CCCCC(C(N)=O)C(c1ccccc1)c1ccccc1. The standard InChI is InChI=1S/C19H23NO/c1-2-3-14-17(19(20)21)18(15-10-6-4-7-11-15)16-12-8-5-9-13-16/h4-13,17-18H,2-3,14H2,1H3,(H2,20,21). The van der Waals surface area contributed by atoms with E-state index in [2.05, 4.69) is 31.2 Å². The van der Waals surface area contributed by atoms with E-state index in [1.54, 1.807) is 0 Å². The maximum Gasteiger partial charge on any atom is 0.221 e. The maximum absolute atomic E-state index is 12.0. The second kappa shape index (κ2) is 7.63. The van der Waals surface area contributed by atoms with Gasteiger partial charge in [-0.1, -0.05) is 80.4 Å². The fraction of sp³-hybridized carbons (Fsp3) is 0.316. The van der Waals surface area contributed by atoms with E-state index in [-0.39, 0.29) is 17.7 Å². The first-order valence-electron chi connectivity index (χ1n) is 7.63. The Morgan fingerprint density at radius 2 is 1.43 bits per heavy atom. The zero-order valence-electron chi connectivity index (χ0n) is 12.5. The zero-order chi connectivity index (χ0) is 15.1. The molecule has 1 atom stereocenters. The van der Waals surface area contributed by atoms with Crippen molar-refractivity contribution in [2.45, 2.75) is 32.1 Å². The van der Waals surface area contributed by atoms with Crippen LogP contribution in [0, 0.1) is 5.92 Å². The topological polar surface area (TPSA) is 43.1 Å². The van der Waals surface area contributed by atoms with Crippen LogP contribution in [0.25, 0.3) is 0 Å². The van der Waals surface area contributed by atoms with Crippen molar-refractivity contribution in [1.82, 2.24) is 0 Å². The van der Waals surface area contributed by atoms with Crippen LogP contribution in [-0.4, -0.2) is 5.91 Å². The minimum absolute atomic E-state index is 0.0384. The smallest absolute Gasteiger partial charge is 0.221 e. The normalized spacial score (nSPS) is 12.3. The number of carbonyl (C=O) groups is 1. The van der Waals surface area contributed by atoms with Crippen LogP contribution in [0.2, 0.25) is 0 Å². The van der Waals surface area contributed by atoms with Gasteiger partial charge in [0.05, 0.1) is 0 Å². The Kier molecular flexibility index (Phi) is 5.56. The summed E-state index contributed by atoms with van der Waals surface area (Å²) in [5, 5.41) is 0. The van der Waals surface area contributed by atoms with Crippen molar-refractivity contribution in [2.24, 2.45) is 11.7 Å². The molecule has 2 N–H and O–H groups in total. The summed E-state index contributed by atoms with van der Waals surface area (Å²) in [4.78, 5) is 12.0. The highest BCUT2D eigenvalue weighted by atomic mass is 16.1. The van der Waals surface area contributed by atoms with E-state index < -0.39 is 0 Å². The second-order valence-corrected chi connectivity index (χ2v) is 5.45. The summed E-state index contributed by atoms with van der Waals surface area (Å²) in [6, 6.07) is 20.4. The summed E-state index contributed by atoms with van der Waals surface area (Å²) >= 11 is 0. The van der Waals surface area contributed by atoms with Crippen molar-refractivity contribution in [3.05, 3.63) is 71.8 Å². The van der Waals surface area contributed by atoms with Crippen LogP contribution in [-0.2, 0) is 4.79 Å². The van der Waals surface area contributed by atoms with Crippen molar-refractivity contribution in [3.8, 4) is 0 Å². The Labute approximate surface area is 127 Å². The molecule has 110 valence electrons. The van der Waals surface area contributed by atoms with Crippen LogP contribution in [0.15, 0.2) is 60.7 Å². The molecule has 0 heterocycles. The molecule has 1 amide bonds. The Bertz CT molecular complexity index is 511. The van der Waals surface area contributed by atoms with Gasteiger partial charge in [-0.2, -0.15) is 0 Å². The summed E-state index contributed by atoms with van der Waals surface area (Å²) in [7, 11) is 0. The van der Waals surface area contributed by atoms with Crippen molar-refractivity contribution in [3.63, 3.8) is 0 Å². The van der Waals surface area contributed by atoms with E-state index in [1.807, 2.05) is 36.4 Å². The molecular weight excluding hydrogens is 258 g/mol. The predicted molar refractivity (Wildman–Crippen MR) is 86.9 cm³/mol. The van der Waals surface area contributed by atoms with Gasteiger partial charge in [0.2, 0.25) is 5.91 Å². The number of nitrogens with two attached hydrogens (primary N) is 1. The number of primary amides is 1. The molecule has 0 spiro atoms. The van der Waals surface area contributed by atoms with E-state index in [0.29, 0.717) is 0 Å². The molecule has 0 saturated heterocycles. The van der Waals surface area contributed by atoms with Gasteiger partial charge in [0, 0.05) is 11.8 Å². The maximum atomic E-state index is 12.0. The van der Waals surface area contributed by atoms with E-state index in [4.69, 9.17) is 5.73 Å². The van der Waals surface area contributed by atoms with Crippen LogP contribution >= 0.6 is 0 Å². The summed E-state index contributed by atoms with van der Waals surface area (Å²) < 4.78 is 0. The molecule has 2 aromatic carbocycles. The second-order valence-electron chi connectivity index (χ2n) is 5.45. The highest BCUT2D eigenvalue weighted by Crippen LogP contribution is 2.34. The Hall–Kier alpha value is -2.09. The third-order valence-electron chi connectivity index (χ3n) is 3.95. The van der Waals surface area contributed by atoms with Gasteiger partial charge in [-0.25, -0.2) is 0 Å². The molecule has 0 aliphatic carbocycles. The number of hydrogen-bond acceptors (Lipinski definition) is 1. The van der Waals surface area contributed by atoms with Gasteiger partial charge in [-0.15, -0.1) is 0 Å². The van der Waals surface area contributed by atoms with Crippen molar-refractivity contribution >= 4 is 5.91 Å². The van der Waals surface area contributed by atoms with Gasteiger partial charge in [0.15, 0.2) is 0 Å². The number of amides is 1. The monoisotopic (exact) mass is 281 g/mol. The molecule has 21 heavy (non-hydrogen) atoms. The highest BCUT2D eigenvalue weighted by Gasteiger charge is 2.28. The van der Waals surface area contributed by atoms with Gasteiger partial charge in [-0.3, -0.25) is 4.79 Å². The van der Waals surface area contributed by atoms with Crippen molar-refractivity contribution < 1.29 is 4.79 Å². The predicted octanol–water partition coefficient (Wildman–Crippen LogP) is 4.11. The van der Waals surface area contributed by atoms with Gasteiger partial charge in [0.1, 0.15) is 0 Å². The van der Waals surface area contributed by atoms with Gasteiger partial charge in [-0.05, 0) is 17.5 Å². The zero-order valence-corrected chi connectivity index (χ0v) is 12.5. The Morgan fingerprint density at radius 1 is 0.952 bits per heavy atom. The van der Waals surface area contributed by atoms with Crippen molar-refractivity contribution in [1.29, 1.82) is 0 Å². The first kappa shape index (κ1) is 15.3. The molecule has 0 saturated carbocycles. The number of rotatable bonds is 7. The fourth-order valence-electron chi connectivity index (χ4n) is 2.88. The van der Waals surface area contributed by atoms with E-state index in [0.717, 1.165) is 30.4 Å². The summed E-state index contributed by atoms with van der Waals surface area (Å²) in [6.45, 7) is 2.14. The average Bonchev–Trinajstić information content (AvgIpc) is 2.53. The third kappa shape index (κ3) is 3.94. The quantitative estimate of drug-likeness (QED) is 0.815. The first-order valence-corrected chi connectivity index (χ1v) is 7.63. The molecule has 2 rings (SSSR count). The minimum atomic E-state index is -0.207. The molecular formula is C19H23NO. The van der Waals surface area contributed by atoms with Crippen LogP contribution in [0.5, 0.6) is 0 Å². The number of carbonyl (C=O) groups excluding carboxylic acids is 1. The molecule has 0 radical (unpaired) electrons. The lowest BCUT2D eigenvalue weighted by Gasteiger charge is -2.26. The lowest BCUT2D eigenvalue weighted by molar-refractivity contribution is -0.122. The van der Waals surface area contributed by atoms with Gasteiger partial charge >= 0.3 is 0 Å². The van der Waals surface area contributed by atoms with Gasteiger partial charge < -0.3 is 5.73 Å². The summed E-state index contributed by atoms with van der Waals surface area (Å²) in [6.07, 6.45) is 2.92. The number of benzene rings is 2. The largest absolute Gasteiger partial charge is 0.369 e. The molecule has 1 unspecified atom stereocenters. The lowest BCUT2D eigenvalue weighted by Crippen LogP contribution is -2.29. The van der Waals surface area contributed by atoms with E-state index in [9.17, 15) is 4.79 Å². The van der Waals surface area contributed by atoms with Crippen LogP contribution < -0.4 is 5.73 Å². The average molecular weight is 281 g/mol. The third-order valence-corrected chi connectivity index (χ3v) is 3.95. The minimum Gasteiger partial charge on any atom is -0.369 e. The Balaban J connectivity index is 2.42. The van der Waals surface area contributed by atoms with E-state index >= 15 is 0 Å². The highest BCUT2D eigenvalue weighted by molar-refractivity contribution is 5.78. The lowest BCUT2D eigenvalue weighted by atomic mass is 9.78. The molecule has 0 fully saturated rings. The summed E-state index contributed by atoms with van der Waals surface area (Å²) in [5.41, 5.74) is 8.03. The molecule has 2 aromatic rings. The first-order chi connectivity index (χ1) is 10.2. The Morgan fingerprint density at radius 3 is 1.81 bits per heavy atom.